The molecule has 1 heterocycles. The zero-order valence-corrected chi connectivity index (χ0v) is 11.8. The van der Waals surface area contributed by atoms with Crippen molar-refractivity contribution < 1.29 is 8.78 Å². The van der Waals surface area contributed by atoms with Gasteiger partial charge in [0.2, 0.25) is 0 Å². The molecule has 0 amide bonds. The van der Waals surface area contributed by atoms with Crippen LogP contribution in [0.4, 0.5) is 8.78 Å². The summed E-state index contributed by atoms with van der Waals surface area (Å²) in [5, 5.41) is 0. The van der Waals surface area contributed by atoms with Crippen molar-refractivity contribution in [1.82, 2.24) is 9.97 Å². The highest BCUT2D eigenvalue weighted by Crippen LogP contribution is 2.27. The van der Waals surface area contributed by atoms with E-state index in [1.165, 1.54) is 6.07 Å². The third-order valence-corrected chi connectivity index (χ3v) is 3.09. The summed E-state index contributed by atoms with van der Waals surface area (Å²) in [5.74, 6) is -1.13. The average molecular weight is 364 g/mol. The van der Waals surface area contributed by atoms with Crippen molar-refractivity contribution in [2.75, 3.05) is 0 Å². The zero-order valence-electron chi connectivity index (χ0n) is 8.64. The highest BCUT2D eigenvalue weighted by atomic mass is 79.9. The molecule has 0 aliphatic heterocycles. The van der Waals surface area contributed by atoms with Gasteiger partial charge in [-0.05, 0) is 50.9 Å². The number of rotatable bonds is 1. The SMILES string of the molecule is Cc1cc(Br)nc(-c2cc(Br)c(F)cc2F)n1. The summed E-state index contributed by atoms with van der Waals surface area (Å²) < 4.78 is 27.5. The van der Waals surface area contributed by atoms with Crippen LogP contribution in [-0.4, -0.2) is 9.97 Å². The summed E-state index contributed by atoms with van der Waals surface area (Å²) in [6, 6.07) is 3.84. The fourth-order valence-corrected chi connectivity index (χ4v) is 2.19. The fourth-order valence-electron chi connectivity index (χ4n) is 1.34. The van der Waals surface area contributed by atoms with Crippen molar-refractivity contribution in [2.45, 2.75) is 6.92 Å². The Morgan fingerprint density at radius 2 is 1.71 bits per heavy atom. The van der Waals surface area contributed by atoms with Crippen LogP contribution in [0.1, 0.15) is 5.69 Å². The Hall–Kier alpha value is -0.880. The van der Waals surface area contributed by atoms with Gasteiger partial charge in [0.25, 0.3) is 0 Å². The van der Waals surface area contributed by atoms with E-state index in [2.05, 4.69) is 41.8 Å². The number of halogens is 4. The third-order valence-electron chi connectivity index (χ3n) is 2.07. The molecular weight excluding hydrogens is 358 g/mol. The summed E-state index contributed by atoms with van der Waals surface area (Å²) in [4.78, 5) is 8.17. The van der Waals surface area contributed by atoms with E-state index in [4.69, 9.17) is 0 Å². The Labute approximate surface area is 113 Å². The van der Waals surface area contributed by atoms with Gasteiger partial charge >= 0.3 is 0 Å². The maximum Gasteiger partial charge on any atom is 0.163 e. The minimum atomic E-state index is -0.691. The van der Waals surface area contributed by atoms with Gasteiger partial charge in [-0.25, -0.2) is 18.7 Å². The van der Waals surface area contributed by atoms with Gasteiger partial charge in [-0.1, -0.05) is 0 Å². The Bertz CT molecular complexity index is 568. The second-order valence-electron chi connectivity index (χ2n) is 3.40. The minimum Gasteiger partial charge on any atom is -0.233 e. The predicted molar refractivity (Wildman–Crippen MR) is 67.5 cm³/mol. The van der Waals surface area contributed by atoms with Gasteiger partial charge in [0, 0.05) is 11.8 Å². The average Bonchev–Trinajstić information content (AvgIpc) is 2.22. The highest BCUT2D eigenvalue weighted by molar-refractivity contribution is 9.10. The molecule has 0 unspecified atom stereocenters. The molecule has 0 bridgehead atoms. The topological polar surface area (TPSA) is 25.8 Å². The van der Waals surface area contributed by atoms with Gasteiger partial charge in [0.05, 0.1) is 10.0 Å². The van der Waals surface area contributed by atoms with Crippen LogP contribution in [0.5, 0.6) is 0 Å². The van der Waals surface area contributed by atoms with Crippen LogP contribution in [0.15, 0.2) is 27.3 Å². The minimum absolute atomic E-state index is 0.155. The first-order valence-electron chi connectivity index (χ1n) is 4.63. The first kappa shape index (κ1) is 12.6. The van der Waals surface area contributed by atoms with Gasteiger partial charge in [0.15, 0.2) is 5.82 Å². The molecule has 1 aromatic carbocycles. The summed E-state index contributed by atoms with van der Waals surface area (Å²) in [5.41, 5.74) is 0.851. The van der Waals surface area contributed by atoms with Crippen LogP contribution >= 0.6 is 31.9 Å². The van der Waals surface area contributed by atoms with Crippen molar-refractivity contribution in [3.63, 3.8) is 0 Å². The maximum atomic E-state index is 13.6. The lowest BCUT2D eigenvalue weighted by atomic mass is 10.2. The molecular formula is C11H6Br2F2N2. The molecule has 2 nitrogen and oxygen atoms in total. The van der Waals surface area contributed by atoms with Gasteiger partial charge in [0.1, 0.15) is 16.2 Å². The highest BCUT2D eigenvalue weighted by Gasteiger charge is 2.13. The molecule has 0 radical (unpaired) electrons. The zero-order chi connectivity index (χ0) is 12.6. The third kappa shape index (κ3) is 2.69. The molecule has 17 heavy (non-hydrogen) atoms. The number of aromatic nitrogens is 2. The molecule has 0 spiro atoms. The van der Waals surface area contributed by atoms with E-state index in [-0.39, 0.29) is 15.9 Å². The summed E-state index contributed by atoms with van der Waals surface area (Å²) in [6.07, 6.45) is 0. The maximum absolute atomic E-state index is 13.6. The van der Waals surface area contributed by atoms with Crippen LogP contribution in [0, 0.1) is 18.6 Å². The number of hydrogen-bond acceptors (Lipinski definition) is 2. The van der Waals surface area contributed by atoms with Crippen molar-refractivity contribution in [3.05, 3.63) is 44.6 Å². The van der Waals surface area contributed by atoms with E-state index < -0.39 is 11.6 Å². The molecule has 6 heteroatoms. The smallest absolute Gasteiger partial charge is 0.163 e. The van der Waals surface area contributed by atoms with Crippen LogP contribution in [0.3, 0.4) is 0 Å². The lowest BCUT2D eigenvalue weighted by Gasteiger charge is -2.05. The van der Waals surface area contributed by atoms with Crippen molar-refractivity contribution in [3.8, 4) is 11.4 Å². The Morgan fingerprint density at radius 3 is 2.35 bits per heavy atom. The molecule has 88 valence electrons. The molecule has 0 aliphatic carbocycles. The first-order chi connectivity index (χ1) is 7.97. The molecule has 0 N–H and O–H groups in total. The number of hydrogen-bond donors (Lipinski definition) is 0. The van der Waals surface area contributed by atoms with Crippen LogP contribution in [0.25, 0.3) is 11.4 Å². The van der Waals surface area contributed by atoms with Crippen LogP contribution < -0.4 is 0 Å². The van der Waals surface area contributed by atoms with Crippen LogP contribution in [0.2, 0.25) is 0 Å². The molecule has 1 aromatic heterocycles. The molecule has 2 rings (SSSR count). The van der Waals surface area contributed by atoms with E-state index in [1.807, 2.05) is 0 Å². The van der Waals surface area contributed by atoms with Gasteiger partial charge in [-0.2, -0.15) is 0 Å². The number of aryl methyl sites for hydroxylation is 1. The van der Waals surface area contributed by atoms with Crippen molar-refractivity contribution in [2.24, 2.45) is 0 Å². The van der Waals surface area contributed by atoms with E-state index in [1.54, 1.807) is 13.0 Å². The van der Waals surface area contributed by atoms with Crippen molar-refractivity contribution in [1.29, 1.82) is 0 Å². The van der Waals surface area contributed by atoms with Crippen molar-refractivity contribution >= 4 is 31.9 Å². The molecule has 2 aromatic rings. The van der Waals surface area contributed by atoms with Gasteiger partial charge < -0.3 is 0 Å². The quantitative estimate of drug-likeness (QED) is 0.559. The molecule has 0 aliphatic rings. The standard InChI is InChI=1S/C11H6Br2F2N2/c1-5-2-10(13)17-11(16-5)6-3-7(12)9(15)4-8(6)14/h2-4H,1H3. The molecule has 0 atom stereocenters. The monoisotopic (exact) mass is 362 g/mol. The summed E-state index contributed by atoms with van der Waals surface area (Å²) in [7, 11) is 0. The Balaban J connectivity index is 2.64. The predicted octanol–water partition coefficient (Wildman–Crippen LogP) is 4.26. The van der Waals surface area contributed by atoms with Gasteiger partial charge in [-0.3, -0.25) is 0 Å². The summed E-state index contributed by atoms with van der Waals surface area (Å²) in [6.45, 7) is 1.77. The first-order valence-corrected chi connectivity index (χ1v) is 6.22. The number of nitrogens with zero attached hydrogens (tertiary/aromatic N) is 2. The lowest BCUT2D eigenvalue weighted by molar-refractivity contribution is 0.580. The second kappa shape index (κ2) is 4.78. The molecule has 0 saturated carbocycles. The van der Waals surface area contributed by atoms with E-state index in [0.29, 0.717) is 10.3 Å². The lowest BCUT2D eigenvalue weighted by Crippen LogP contribution is -1.96. The van der Waals surface area contributed by atoms with Gasteiger partial charge in [-0.15, -0.1) is 0 Å². The van der Waals surface area contributed by atoms with E-state index in [0.717, 1.165) is 6.07 Å². The Morgan fingerprint density at radius 1 is 1.00 bits per heavy atom. The molecule has 0 fully saturated rings. The number of benzene rings is 1. The van der Waals surface area contributed by atoms with E-state index >= 15 is 0 Å². The van der Waals surface area contributed by atoms with E-state index in [9.17, 15) is 8.78 Å². The fraction of sp³-hybridized carbons (Fsp3) is 0.0909. The molecule has 0 saturated heterocycles. The van der Waals surface area contributed by atoms with Crippen LogP contribution in [-0.2, 0) is 0 Å². The largest absolute Gasteiger partial charge is 0.233 e. The second-order valence-corrected chi connectivity index (χ2v) is 5.07. The normalized spacial score (nSPS) is 10.6. The summed E-state index contributed by atoms with van der Waals surface area (Å²) >= 11 is 6.21. The Kier molecular flexibility index (Phi) is 3.53.